The summed E-state index contributed by atoms with van der Waals surface area (Å²) in [5.74, 6) is 0.431. The molecule has 0 aromatic heterocycles. The summed E-state index contributed by atoms with van der Waals surface area (Å²) in [6.45, 7) is 8.97. The number of hydrogen-bond acceptors (Lipinski definition) is 0. The molecule has 0 aliphatic rings. The molecule has 0 bridgehead atoms. The monoisotopic (exact) mass is 414 g/mol. The Morgan fingerprint density at radius 3 is 1.22 bits per heavy atom. The first kappa shape index (κ1) is 19.5. The molecule has 1 heteroatoms. The molecule has 27 heavy (non-hydrogen) atoms. The molecular formula is C26H28Ge. The quantitative estimate of drug-likeness (QED) is 0.415. The van der Waals surface area contributed by atoms with Gasteiger partial charge in [-0.15, -0.1) is 0 Å². The van der Waals surface area contributed by atoms with E-state index in [1.807, 2.05) is 0 Å². The van der Waals surface area contributed by atoms with Gasteiger partial charge in [-0.2, -0.15) is 0 Å². The van der Waals surface area contributed by atoms with Crippen molar-refractivity contribution in [3.63, 3.8) is 0 Å². The van der Waals surface area contributed by atoms with Gasteiger partial charge >= 0.3 is 167 Å². The average Bonchev–Trinajstić information content (AvgIpc) is 2.70. The molecule has 0 aliphatic heterocycles. The summed E-state index contributed by atoms with van der Waals surface area (Å²) in [6, 6.07) is 33.4. The second kappa shape index (κ2) is 8.61. The van der Waals surface area contributed by atoms with Crippen molar-refractivity contribution in [1.29, 1.82) is 0 Å². The van der Waals surface area contributed by atoms with Gasteiger partial charge in [0.15, 0.2) is 0 Å². The summed E-state index contributed by atoms with van der Waals surface area (Å²) in [5.41, 5.74) is 5.08. The normalized spacial score (nSPS) is 11.1. The fourth-order valence-electron chi connectivity index (χ4n) is 3.97. The zero-order valence-electron chi connectivity index (χ0n) is 16.7. The number of benzene rings is 3. The Morgan fingerprint density at radius 2 is 0.963 bits per heavy atom. The van der Waals surface area contributed by atoms with Crippen LogP contribution >= 0.6 is 0 Å². The zero-order valence-corrected chi connectivity index (χ0v) is 18.8. The number of rotatable bonds is 5. The van der Waals surface area contributed by atoms with Crippen LogP contribution in [-0.2, 0) is 0 Å². The van der Waals surface area contributed by atoms with Crippen molar-refractivity contribution < 1.29 is 0 Å². The van der Waals surface area contributed by atoms with Crippen molar-refractivity contribution in [3.8, 4) is 0 Å². The van der Waals surface area contributed by atoms with Crippen molar-refractivity contribution in [2.75, 3.05) is 0 Å². The first-order valence-electron chi connectivity index (χ1n) is 9.68. The summed E-state index contributed by atoms with van der Waals surface area (Å²) in [6.07, 6.45) is 0. The fourth-order valence-corrected chi connectivity index (χ4v) is 15.1. The molecule has 0 radical (unpaired) electrons. The van der Waals surface area contributed by atoms with Crippen LogP contribution in [0.15, 0.2) is 107 Å². The molecule has 0 spiro atoms. The summed E-state index contributed by atoms with van der Waals surface area (Å²) >= 11 is -3.10. The van der Waals surface area contributed by atoms with E-state index < -0.39 is 13.3 Å². The van der Waals surface area contributed by atoms with Crippen molar-refractivity contribution in [3.05, 3.63) is 107 Å². The molecular weight excluding hydrogens is 385 g/mol. The van der Waals surface area contributed by atoms with Crippen LogP contribution in [0.4, 0.5) is 0 Å². The molecule has 0 nitrogen and oxygen atoms in total. The van der Waals surface area contributed by atoms with E-state index in [9.17, 15) is 0 Å². The third-order valence-electron chi connectivity index (χ3n) is 4.99. The van der Waals surface area contributed by atoms with Gasteiger partial charge in [-0.3, -0.25) is 0 Å². The van der Waals surface area contributed by atoms with Crippen LogP contribution in [0.2, 0.25) is 0 Å². The molecule has 0 fully saturated rings. The maximum absolute atomic E-state index is 3.83. The molecule has 0 saturated carbocycles. The van der Waals surface area contributed by atoms with Crippen molar-refractivity contribution in [2.45, 2.75) is 27.7 Å². The van der Waals surface area contributed by atoms with E-state index in [2.05, 4.69) is 124 Å². The minimum atomic E-state index is -3.10. The van der Waals surface area contributed by atoms with Crippen molar-refractivity contribution >= 4 is 26.5 Å². The number of allylic oxidation sites excluding steroid dienone is 1. The Kier molecular flexibility index (Phi) is 6.21. The summed E-state index contributed by atoms with van der Waals surface area (Å²) in [5, 5.41) is 0. The maximum atomic E-state index is 3.83. The molecule has 3 rings (SSSR count). The molecule has 0 atom stereocenters. The van der Waals surface area contributed by atoms with Gasteiger partial charge in [0.2, 0.25) is 0 Å². The Morgan fingerprint density at radius 1 is 0.630 bits per heavy atom. The van der Waals surface area contributed by atoms with E-state index in [1.165, 1.54) is 23.2 Å². The van der Waals surface area contributed by atoms with Gasteiger partial charge in [-0.05, 0) is 0 Å². The van der Waals surface area contributed by atoms with Crippen LogP contribution in [-0.4, -0.2) is 13.3 Å². The van der Waals surface area contributed by atoms with Crippen LogP contribution in [0.1, 0.15) is 27.7 Å². The fraction of sp³-hybridized carbons (Fsp3) is 0.192. The van der Waals surface area contributed by atoms with E-state index in [4.69, 9.17) is 0 Å². The third-order valence-corrected chi connectivity index (χ3v) is 15.7. The molecule has 0 aliphatic carbocycles. The molecule has 136 valence electrons. The van der Waals surface area contributed by atoms with Crippen LogP contribution in [0.25, 0.3) is 0 Å². The SMILES string of the molecule is CC(C)=C=[C](C(C)C)[Ge]([c]1ccccc1)([c]1ccccc1)[c]1ccccc1. The molecule has 3 aromatic rings. The van der Waals surface area contributed by atoms with Crippen LogP contribution < -0.4 is 13.2 Å². The third kappa shape index (κ3) is 3.88. The van der Waals surface area contributed by atoms with Gasteiger partial charge in [-0.1, -0.05) is 0 Å². The van der Waals surface area contributed by atoms with Crippen LogP contribution in [0, 0.1) is 5.92 Å². The second-order valence-corrected chi connectivity index (χ2v) is 15.5. The molecule has 0 heterocycles. The Balaban J connectivity index is 2.53. The predicted octanol–water partition coefficient (Wildman–Crippen LogP) is 4.84. The van der Waals surface area contributed by atoms with Crippen molar-refractivity contribution in [2.24, 2.45) is 5.92 Å². The van der Waals surface area contributed by atoms with Gasteiger partial charge < -0.3 is 0 Å². The van der Waals surface area contributed by atoms with E-state index in [0.717, 1.165) is 0 Å². The molecule has 3 aromatic carbocycles. The van der Waals surface area contributed by atoms with Gasteiger partial charge in [0.25, 0.3) is 0 Å². The average molecular weight is 413 g/mol. The Labute approximate surface area is 166 Å². The summed E-state index contributed by atoms with van der Waals surface area (Å²) in [4.78, 5) is 0. The van der Waals surface area contributed by atoms with Gasteiger partial charge in [-0.25, -0.2) is 0 Å². The van der Waals surface area contributed by atoms with E-state index in [-0.39, 0.29) is 0 Å². The number of hydrogen-bond donors (Lipinski definition) is 0. The zero-order chi connectivity index (χ0) is 19.3. The van der Waals surface area contributed by atoms with Gasteiger partial charge in [0, 0.05) is 0 Å². The molecule has 0 amide bonds. The van der Waals surface area contributed by atoms with E-state index in [0.29, 0.717) is 5.92 Å². The summed E-state index contributed by atoms with van der Waals surface area (Å²) in [7, 11) is 0. The van der Waals surface area contributed by atoms with E-state index >= 15 is 0 Å². The molecule has 0 N–H and O–H groups in total. The predicted molar refractivity (Wildman–Crippen MR) is 121 cm³/mol. The first-order valence-corrected chi connectivity index (χ1v) is 13.9. The second-order valence-electron chi connectivity index (χ2n) is 7.54. The van der Waals surface area contributed by atoms with Crippen LogP contribution in [0.3, 0.4) is 0 Å². The topological polar surface area (TPSA) is 0 Å². The first-order chi connectivity index (χ1) is 13.1. The standard InChI is InChI=1S/C26H28Ge/c1-21(2)20-26(22(3)4)27(23-14-8-5-9-15-23,24-16-10-6-11-17-24)25-18-12-7-13-19-25/h5-19,22H,1-4H3. The van der Waals surface area contributed by atoms with Crippen molar-refractivity contribution in [1.82, 2.24) is 0 Å². The van der Waals surface area contributed by atoms with Gasteiger partial charge in [0.05, 0.1) is 0 Å². The Bertz CT molecular complexity index is 831. The van der Waals surface area contributed by atoms with E-state index in [1.54, 1.807) is 0 Å². The van der Waals surface area contributed by atoms with Crippen LogP contribution in [0.5, 0.6) is 0 Å². The van der Waals surface area contributed by atoms with Gasteiger partial charge in [0.1, 0.15) is 0 Å². The Hall–Kier alpha value is -2.28. The molecule has 0 unspecified atom stereocenters. The minimum absolute atomic E-state index is 0.431. The molecule has 0 saturated heterocycles. The summed E-state index contributed by atoms with van der Waals surface area (Å²) < 4.78 is 5.88.